The van der Waals surface area contributed by atoms with Gasteiger partial charge in [-0.25, -0.2) is 21.6 Å². The fraction of sp³-hybridized carbons (Fsp3) is 0. The zero-order valence-corrected chi connectivity index (χ0v) is 11.5. The van der Waals surface area contributed by atoms with Crippen LogP contribution >= 0.6 is 0 Å². The van der Waals surface area contributed by atoms with Crippen LogP contribution in [0, 0.1) is 17.5 Å². The van der Waals surface area contributed by atoms with E-state index in [0.717, 1.165) is 18.2 Å². The lowest BCUT2D eigenvalue weighted by Crippen LogP contribution is -2.24. The van der Waals surface area contributed by atoms with E-state index in [9.17, 15) is 31.5 Å². The molecule has 0 radical (unpaired) electrons. The molecule has 2 aromatic carbocycles. The Morgan fingerprint density at radius 1 is 1.00 bits per heavy atom. The molecule has 0 atom stereocenters. The van der Waals surface area contributed by atoms with Crippen molar-refractivity contribution in [2.75, 3.05) is 4.72 Å². The van der Waals surface area contributed by atoms with E-state index in [1.165, 1.54) is 0 Å². The monoisotopic (exact) mass is 330 g/mol. The van der Waals surface area contributed by atoms with E-state index >= 15 is 0 Å². The molecular formula is C13H7F3NO4S-. The average molecular weight is 330 g/mol. The Labute approximate surface area is 123 Å². The summed E-state index contributed by atoms with van der Waals surface area (Å²) in [6.45, 7) is 0. The first-order valence-electron chi connectivity index (χ1n) is 5.69. The predicted molar refractivity (Wildman–Crippen MR) is 67.9 cm³/mol. The molecule has 0 aromatic heterocycles. The standard InChI is InChI=1S/C13H8F3NO4S/c14-7-1-4-12(11(16)5-7)17-22(20,21)8-2-3-10(15)9(6-8)13(18)19/h1-6,17H,(H,18,19)/p-1. The van der Waals surface area contributed by atoms with E-state index in [1.807, 2.05) is 4.72 Å². The van der Waals surface area contributed by atoms with Crippen LogP contribution < -0.4 is 9.83 Å². The molecule has 2 rings (SSSR count). The number of carbonyl (C=O) groups is 1. The third-order valence-electron chi connectivity index (χ3n) is 2.64. The van der Waals surface area contributed by atoms with Crippen molar-refractivity contribution < 1.29 is 31.5 Å². The molecule has 0 amide bonds. The van der Waals surface area contributed by atoms with Gasteiger partial charge in [0.1, 0.15) is 17.5 Å². The molecule has 22 heavy (non-hydrogen) atoms. The van der Waals surface area contributed by atoms with Crippen LogP contribution in [0.15, 0.2) is 41.3 Å². The van der Waals surface area contributed by atoms with Crippen LogP contribution in [-0.4, -0.2) is 14.4 Å². The van der Waals surface area contributed by atoms with E-state index in [-0.39, 0.29) is 0 Å². The van der Waals surface area contributed by atoms with Crippen molar-refractivity contribution in [3.63, 3.8) is 0 Å². The van der Waals surface area contributed by atoms with Gasteiger partial charge in [-0.1, -0.05) is 0 Å². The normalized spacial score (nSPS) is 11.2. The van der Waals surface area contributed by atoms with Crippen molar-refractivity contribution >= 4 is 21.7 Å². The number of aromatic carboxylic acids is 1. The maximum atomic E-state index is 13.4. The van der Waals surface area contributed by atoms with Gasteiger partial charge in [-0.15, -0.1) is 0 Å². The molecule has 5 nitrogen and oxygen atoms in total. The van der Waals surface area contributed by atoms with E-state index in [0.29, 0.717) is 18.2 Å². The summed E-state index contributed by atoms with van der Waals surface area (Å²) in [4.78, 5) is 10.1. The number of anilines is 1. The van der Waals surface area contributed by atoms with Crippen molar-refractivity contribution in [1.82, 2.24) is 0 Å². The van der Waals surface area contributed by atoms with Crippen LogP contribution in [0.25, 0.3) is 0 Å². The third kappa shape index (κ3) is 3.19. The maximum absolute atomic E-state index is 13.4. The summed E-state index contributed by atoms with van der Waals surface area (Å²) in [6, 6.07) is 4.11. The highest BCUT2D eigenvalue weighted by Gasteiger charge is 2.18. The number of sulfonamides is 1. The van der Waals surface area contributed by atoms with Gasteiger partial charge >= 0.3 is 0 Å². The molecule has 0 unspecified atom stereocenters. The Kier molecular flexibility index (Phi) is 4.09. The number of rotatable bonds is 4. The molecule has 0 fully saturated rings. The number of hydrogen-bond donors (Lipinski definition) is 1. The molecule has 116 valence electrons. The number of benzene rings is 2. The zero-order chi connectivity index (χ0) is 16.5. The van der Waals surface area contributed by atoms with Crippen LogP contribution in [0.5, 0.6) is 0 Å². The number of halogens is 3. The topological polar surface area (TPSA) is 86.3 Å². The third-order valence-corrected chi connectivity index (χ3v) is 4.01. The van der Waals surface area contributed by atoms with Crippen LogP contribution in [0.3, 0.4) is 0 Å². The highest BCUT2D eigenvalue weighted by Crippen LogP contribution is 2.21. The molecular weight excluding hydrogens is 323 g/mol. The minimum atomic E-state index is -4.39. The van der Waals surface area contributed by atoms with Gasteiger partial charge in [0.05, 0.1) is 16.6 Å². The Balaban J connectivity index is 2.42. The molecule has 2 aromatic rings. The molecule has 0 aliphatic carbocycles. The van der Waals surface area contributed by atoms with Gasteiger partial charge < -0.3 is 9.90 Å². The first-order valence-corrected chi connectivity index (χ1v) is 7.18. The molecule has 0 bridgehead atoms. The van der Waals surface area contributed by atoms with Crippen molar-refractivity contribution in [3.8, 4) is 0 Å². The number of nitrogens with one attached hydrogen (secondary N) is 1. The quantitative estimate of drug-likeness (QED) is 0.915. The lowest BCUT2D eigenvalue weighted by molar-refractivity contribution is -0.255. The van der Waals surface area contributed by atoms with Crippen LogP contribution in [0.2, 0.25) is 0 Å². The number of hydrogen-bond acceptors (Lipinski definition) is 4. The largest absolute Gasteiger partial charge is 0.545 e. The molecule has 0 saturated heterocycles. The first kappa shape index (κ1) is 15.8. The molecule has 9 heteroatoms. The second kappa shape index (κ2) is 5.68. The highest BCUT2D eigenvalue weighted by atomic mass is 32.2. The van der Waals surface area contributed by atoms with Crippen molar-refractivity contribution in [3.05, 3.63) is 59.4 Å². The molecule has 0 aliphatic rings. The van der Waals surface area contributed by atoms with E-state index in [1.54, 1.807) is 0 Å². The Hall–Kier alpha value is -2.55. The number of carbonyl (C=O) groups excluding carboxylic acids is 1. The summed E-state index contributed by atoms with van der Waals surface area (Å²) in [5, 5.41) is 10.7. The summed E-state index contributed by atoms with van der Waals surface area (Å²) in [5.74, 6) is -5.14. The maximum Gasteiger partial charge on any atom is 0.262 e. The lowest BCUT2D eigenvalue weighted by Gasteiger charge is -2.11. The SMILES string of the molecule is O=C([O-])c1cc(S(=O)(=O)Nc2ccc(F)cc2F)ccc1F. The van der Waals surface area contributed by atoms with Crippen molar-refractivity contribution in [1.29, 1.82) is 0 Å². The fourth-order valence-electron chi connectivity index (χ4n) is 1.60. The zero-order valence-electron chi connectivity index (χ0n) is 10.6. The summed E-state index contributed by atoms with van der Waals surface area (Å²) in [5.41, 5.74) is -1.50. The second-order valence-corrected chi connectivity index (χ2v) is 5.84. The predicted octanol–water partition coefficient (Wildman–Crippen LogP) is 1.27. The van der Waals surface area contributed by atoms with E-state index < -0.39 is 49.6 Å². The fourth-order valence-corrected chi connectivity index (χ4v) is 2.70. The van der Waals surface area contributed by atoms with E-state index in [4.69, 9.17) is 0 Å². The summed E-state index contributed by atoms with van der Waals surface area (Å²) >= 11 is 0. The Morgan fingerprint density at radius 2 is 1.68 bits per heavy atom. The molecule has 0 saturated carbocycles. The summed E-state index contributed by atoms with van der Waals surface area (Å²) in [7, 11) is -4.39. The summed E-state index contributed by atoms with van der Waals surface area (Å²) in [6.07, 6.45) is 0. The van der Waals surface area contributed by atoms with Gasteiger partial charge in [0.15, 0.2) is 0 Å². The Bertz CT molecular complexity index is 852. The minimum Gasteiger partial charge on any atom is -0.545 e. The summed E-state index contributed by atoms with van der Waals surface area (Å²) < 4.78 is 65.2. The number of carboxylic acid groups (broad SMARTS) is 1. The first-order chi connectivity index (χ1) is 10.2. The molecule has 0 heterocycles. The van der Waals surface area contributed by atoms with Gasteiger partial charge in [0.2, 0.25) is 0 Å². The average Bonchev–Trinajstić information content (AvgIpc) is 2.42. The van der Waals surface area contributed by atoms with Crippen molar-refractivity contribution in [2.24, 2.45) is 0 Å². The molecule has 1 N–H and O–H groups in total. The highest BCUT2D eigenvalue weighted by molar-refractivity contribution is 7.92. The van der Waals surface area contributed by atoms with Crippen molar-refractivity contribution in [2.45, 2.75) is 4.90 Å². The van der Waals surface area contributed by atoms with Gasteiger partial charge in [-0.2, -0.15) is 0 Å². The second-order valence-electron chi connectivity index (χ2n) is 4.16. The lowest BCUT2D eigenvalue weighted by atomic mass is 10.2. The van der Waals surface area contributed by atoms with Crippen LogP contribution in [-0.2, 0) is 10.0 Å². The Morgan fingerprint density at radius 3 is 2.27 bits per heavy atom. The molecule has 0 spiro atoms. The smallest absolute Gasteiger partial charge is 0.262 e. The number of carboxylic acids is 1. The van der Waals surface area contributed by atoms with Gasteiger partial charge in [0.25, 0.3) is 10.0 Å². The molecule has 0 aliphatic heterocycles. The van der Waals surface area contributed by atoms with Crippen LogP contribution in [0.4, 0.5) is 18.9 Å². The van der Waals surface area contributed by atoms with Gasteiger partial charge in [-0.05, 0) is 30.3 Å². The van der Waals surface area contributed by atoms with Gasteiger partial charge in [-0.3, -0.25) is 4.72 Å². The van der Waals surface area contributed by atoms with E-state index in [2.05, 4.69) is 0 Å². The van der Waals surface area contributed by atoms with Crippen LogP contribution in [0.1, 0.15) is 10.4 Å². The minimum absolute atomic E-state index is 0.467. The van der Waals surface area contributed by atoms with Gasteiger partial charge in [0, 0.05) is 11.6 Å².